The Kier molecular flexibility index (Phi) is 4.34. The number of hydrogen-bond donors (Lipinski definition) is 0. The number of halogens is 2. The van der Waals surface area contributed by atoms with Crippen molar-refractivity contribution in [2.75, 3.05) is 0 Å². The van der Waals surface area contributed by atoms with Crippen molar-refractivity contribution in [1.82, 2.24) is 4.48 Å². The molecule has 2 aromatic rings. The molecule has 4 heterocycles. The number of hydrogen-bond acceptors (Lipinski definition) is 1. The monoisotopic (exact) mass is 400 g/mol. The van der Waals surface area contributed by atoms with Gasteiger partial charge in [0.1, 0.15) is 5.71 Å². The van der Waals surface area contributed by atoms with Crippen molar-refractivity contribution >= 4 is 29.6 Å². The van der Waals surface area contributed by atoms with Gasteiger partial charge in [-0.25, -0.2) is 0 Å². The summed E-state index contributed by atoms with van der Waals surface area (Å²) in [6, 6.07) is 2.13. The normalized spacial score (nSPS) is 18.3. The minimum absolute atomic E-state index is 0.695. The zero-order chi connectivity index (χ0) is 20.5. The molecule has 4 rings (SSSR count). The lowest BCUT2D eigenvalue weighted by Gasteiger charge is -2.33. The molecule has 0 bridgehead atoms. The fraction of sp³-hybridized carbons (Fsp3) is 0.409. The van der Waals surface area contributed by atoms with Crippen LogP contribution in [-0.2, 0) is 6.42 Å². The first kappa shape index (κ1) is 19.4. The maximum atomic E-state index is 16.0. The van der Waals surface area contributed by atoms with Crippen LogP contribution in [0.2, 0.25) is 0 Å². The standard InChI is InChI=1S/C22H27BF2N2S/c1-8-17-13(4)21-20(19-10-12(3)11-28-19)22-14(5)18(9-2)16(7)27(22)23(24,25)26(21)15(17)6/h10-11H,8-9H2,1-7H3. The van der Waals surface area contributed by atoms with Gasteiger partial charge in [0.2, 0.25) is 0 Å². The van der Waals surface area contributed by atoms with Gasteiger partial charge in [-0.15, -0.1) is 11.3 Å². The van der Waals surface area contributed by atoms with Crippen molar-refractivity contribution < 1.29 is 13.1 Å². The number of allylic oxidation sites excluding steroid dienone is 2. The molecule has 6 heteroatoms. The third kappa shape index (κ3) is 2.27. The molecule has 2 aliphatic heterocycles. The van der Waals surface area contributed by atoms with Crippen molar-refractivity contribution in [3.05, 3.63) is 61.2 Å². The first-order valence-corrected chi connectivity index (χ1v) is 10.9. The van der Waals surface area contributed by atoms with E-state index in [1.807, 2.05) is 41.5 Å². The molecule has 2 aromatic heterocycles. The molecule has 0 saturated heterocycles. The highest BCUT2D eigenvalue weighted by atomic mass is 32.1. The molecule has 0 radical (unpaired) electrons. The molecule has 0 atom stereocenters. The van der Waals surface area contributed by atoms with Crippen LogP contribution in [0.25, 0.3) is 5.57 Å². The molecule has 2 aliphatic rings. The number of nitrogens with zero attached hydrogens (tertiary/aromatic N) is 2. The Morgan fingerprint density at radius 3 is 2.29 bits per heavy atom. The minimum Gasteiger partial charge on any atom is -0.393 e. The van der Waals surface area contributed by atoms with Crippen molar-refractivity contribution in [3.8, 4) is 0 Å². The second kappa shape index (κ2) is 6.28. The summed E-state index contributed by atoms with van der Waals surface area (Å²) in [5.74, 6) is 0. The summed E-state index contributed by atoms with van der Waals surface area (Å²) in [4.78, 5) is 1.07. The van der Waals surface area contributed by atoms with E-state index in [9.17, 15) is 0 Å². The smallest absolute Gasteiger partial charge is 0.393 e. The Labute approximate surface area is 170 Å². The summed E-state index contributed by atoms with van der Waals surface area (Å²) in [6.07, 6.45) is 1.52. The van der Waals surface area contributed by atoms with Crippen LogP contribution >= 0.6 is 11.3 Å². The fourth-order valence-electron chi connectivity index (χ4n) is 5.27. The quantitative estimate of drug-likeness (QED) is 0.539. The van der Waals surface area contributed by atoms with Crippen molar-refractivity contribution in [1.29, 1.82) is 0 Å². The summed E-state index contributed by atoms with van der Waals surface area (Å²) in [6.45, 7) is 9.93. The van der Waals surface area contributed by atoms with Gasteiger partial charge in [-0.3, -0.25) is 0 Å². The van der Waals surface area contributed by atoms with E-state index in [0.29, 0.717) is 22.8 Å². The third-order valence-corrected chi connectivity index (χ3v) is 7.54. The van der Waals surface area contributed by atoms with Gasteiger partial charge in [0.25, 0.3) is 0 Å². The van der Waals surface area contributed by atoms with Gasteiger partial charge in [-0.05, 0) is 74.4 Å². The highest BCUT2D eigenvalue weighted by molar-refractivity contribution is 7.11. The second-order valence-electron chi connectivity index (χ2n) is 7.97. The molecule has 0 N–H and O–H groups in total. The molecular weight excluding hydrogens is 373 g/mol. The van der Waals surface area contributed by atoms with E-state index in [1.54, 1.807) is 11.3 Å². The largest absolute Gasteiger partial charge is 0.737 e. The Hall–Kier alpha value is -1.95. The first-order valence-electron chi connectivity index (χ1n) is 10.0. The zero-order valence-corrected chi connectivity index (χ0v) is 18.5. The van der Waals surface area contributed by atoms with Crippen LogP contribution in [0, 0.1) is 20.8 Å². The molecule has 0 unspecified atom stereocenters. The van der Waals surface area contributed by atoms with Crippen LogP contribution in [0.15, 0.2) is 28.3 Å². The maximum absolute atomic E-state index is 16.0. The average molecular weight is 400 g/mol. The van der Waals surface area contributed by atoms with Gasteiger partial charge in [0.15, 0.2) is 5.70 Å². The van der Waals surface area contributed by atoms with E-state index >= 15 is 8.63 Å². The highest BCUT2D eigenvalue weighted by Crippen LogP contribution is 2.48. The van der Waals surface area contributed by atoms with Gasteiger partial charge in [0, 0.05) is 28.6 Å². The lowest BCUT2D eigenvalue weighted by molar-refractivity contribution is -0.363. The predicted octanol–water partition coefficient (Wildman–Crippen LogP) is 6.25. The predicted molar refractivity (Wildman–Crippen MR) is 116 cm³/mol. The Morgan fingerprint density at radius 2 is 1.75 bits per heavy atom. The van der Waals surface area contributed by atoms with Gasteiger partial charge >= 0.3 is 6.97 Å². The summed E-state index contributed by atoms with van der Waals surface area (Å²) >= 11 is 1.64. The third-order valence-electron chi connectivity index (χ3n) is 6.47. The highest BCUT2D eigenvalue weighted by Gasteiger charge is 2.56. The molecule has 0 amide bonds. The minimum atomic E-state index is -3.93. The topological polar surface area (TPSA) is 7.94 Å². The van der Waals surface area contributed by atoms with Gasteiger partial charge in [0.05, 0.1) is 5.57 Å². The second-order valence-corrected chi connectivity index (χ2v) is 8.89. The lowest BCUT2D eigenvalue weighted by Crippen LogP contribution is -2.51. The summed E-state index contributed by atoms with van der Waals surface area (Å²) in [5, 5.41) is 2.10. The molecule has 148 valence electrons. The van der Waals surface area contributed by atoms with Crippen LogP contribution in [-0.4, -0.2) is 21.6 Å². The summed E-state index contributed by atoms with van der Waals surface area (Å²) in [5.41, 5.74) is 9.00. The number of rotatable bonds is 3. The van der Waals surface area contributed by atoms with Crippen molar-refractivity contribution in [3.63, 3.8) is 0 Å². The Balaban J connectivity index is 2.23. The molecule has 0 spiro atoms. The van der Waals surface area contributed by atoms with Crippen LogP contribution in [0.5, 0.6) is 0 Å². The number of thiophene rings is 1. The van der Waals surface area contributed by atoms with E-state index in [1.165, 1.54) is 14.5 Å². The molecule has 2 nitrogen and oxygen atoms in total. The Bertz CT molecular complexity index is 1110. The van der Waals surface area contributed by atoms with Crippen LogP contribution in [0.1, 0.15) is 67.1 Å². The summed E-state index contributed by atoms with van der Waals surface area (Å²) in [7, 11) is 0. The van der Waals surface area contributed by atoms with E-state index in [2.05, 4.69) is 18.4 Å². The van der Waals surface area contributed by atoms with E-state index in [0.717, 1.165) is 45.6 Å². The Morgan fingerprint density at radius 1 is 1.07 bits per heavy atom. The van der Waals surface area contributed by atoms with E-state index < -0.39 is 6.97 Å². The zero-order valence-electron chi connectivity index (χ0n) is 17.7. The maximum Gasteiger partial charge on any atom is 0.737 e. The average Bonchev–Trinajstić information content (AvgIpc) is 3.24. The van der Waals surface area contributed by atoms with Crippen LogP contribution in [0.4, 0.5) is 8.63 Å². The number of fused-ring (bicyclic) bond motifs is 2. The number of aromatic nitrogens is 1. The van der Waals surface area contributed by atoms with E-state index in [-0.39, 0.29) is 0 Å². The molecular formula is C22H27BF2N2S. The van der Waals surface area contributed by atoms with Gasteiger partial charge in [-0.1, -0.05) is 13.8 Å². The van der Waals surface area contributed by atoms with Crippen molar-refractivity contribution in [2.24, 2.45) is 0 Å². The van der Waals surface area contributed by atoms with Gasteiger partial charge in [-0.2, -0.15) is 0 Å². The van der Waals surface area contributed by atoms with Crippen molar-refractivity contribution in [2.45, 2.75) is 61.3 Å². The molecule has 0 fully saturated rings. The molecule has 0 aliphatic carbocycles. The SMILES string of the molecule is CCC1=C(C)C2=C(c3cc(C)cs3)c3c(C)c(CC)c(C)n3[B-](F)(F)[N+]2=C1C. The lowest BCUT2D eigenvalue weighted by atomic mass is 9.85. The van der Waals surface area contributed by atoms with E-state index in [4.69, 9.17) is 0 Å². The fourth-order valence-corrected chi connectivity index (χ4v) is 6.22. The van der Waals surface area contributed by atoms with Gasteiger partial charge < -0.3 is 17.6 Å². The molecule has 28 heavy (non-hydrogen) atoms. The molecule has 0 aromatic carbocycles. The molecule has 0 saturated carbocycles. The summed E-state index contributed by atoms with van der Waals surface area (Å²) < 4.78 is 34.8. The van der Waals surface area contributed by atoms with Crippen LogP contribution < -0.4 is 0 Å². The first-order chi connectivity index (χ1) is 13.2. The number of aryl methyl sites for hydroxylation is 1. The van der Waals surface area contributed by atoms with Crippen LogP contribution in [0.3, 0.4) is 0 Å².